The first-order valence-corrected chi connectivity index (χ1v) is 6.26. The van der Waals surface area contributed by atoms with Crippen molar-refractivity contribution in [3.63, 3.8) is 0 Å². The predicted octanol–water partition coefficient (Wildman–Crippen LogP) is 1.43. The fraction of sp³-hybridized carbons (Fsp3) is 0.500. The third-order valence-corrected chi connectivity index (χ3v) is 3.06. The lowest BCUT2D eigenvalue weighted by Crippen LogP contribution is -2.38. The molecule has 1 N–H and O–H groups in total. The molecule has 1 aliphatic heterocycles. The second kappa shape index (κ2) is 4.64. The molecule has 102 valence electrons. The van der Waals surface area contributed by atoms with Crippen LogP contribution in [-0.4, -0.2) is 11.8 Å². The van der Waals surface area contributed by atoms with Crippen LogP contribution in [0.3, 0.4) is 0 Å². The van der Waals surface area contributed by atoms with Gasteiger partial charge in [0.15, 0.2) is 0 Å². The number of nitrogens with one attached hydrogen (secondary N) is 1. The molecule has 19 heavy (non-hydrogen) atoms. The second-order valence-electron chi connectivity index (χ2n) is 6.00. The van der Waals surface area contributed by atoms with Crippen molar-refractivity contribution in [1.29, 1.82) is 0 Å². The molecule has 0 fully saturated rings. The van der Waals surface area contributed by atoms with E-state index in [2.05, 4.69) is 26.1 Å². The smallest absolute Gasteiger partial charge is 0.336 e. The molecule has 1 aliphatic rings. The summed E-state index contributed by atoms with van der Waals surface area (Å²) in [4.78, 5) is 34.6. The number of aryl methyl sites for hydroxylation is 1. The lowest BCUT2D eigenvalue weighted by atomic mass is 9.87. The van der Waals surface area contributed by atoms with Crippen LogP contribution in [0.2, 0.25) is 0 Å². The number of hydrogen-bond acceptors (Lipinski definition) is 4. The molecule has 2 heterocycles. The Morgan fingerprint density at radius 1 is 1.26 bits per heavy atom. The van der Waals surface area contributed by atoms with Gasteiger partial charge in [0, 0.05) is 6.07 Å². The van der Waals surface area contributed by atoms with E-state index in [-0.39, 0.29) is 17.6 Å². The third kappa shape index (κ3) is 3.10. The first-order chi connectivity index (χ1) is 8.76. The average Bonchev–Trinajstić information content (AvgIpc) is 2.23. The highest BCUT2D eigenvalue weighted by molar-refractivity contribution is 6.09. The summed E-state index contributed by atoms with van der Waals surface area (Å²) in [6, 6.07) is 1.35. The van der Waals surface area contributed by atoms with Crippen LogP contribution in [-0.2, 0) is 17.6 Å². The third-order valence-electron chi connectivity index (χ3n) is 3.06. The van der Waals surface area contributed by atoms with Gasteiger partial charge in [-0.05, 0) is 23.8 Å². The van der Waals surface area contributed by atoms with Gasteiger partial charge in [0.05, 0.1) is 12.0 Å². The van der Waals surface area contributed by atoms with Crippen molar-refractivity contribution >= 4 is 11.8 Å². The van der Waals surface area contributed by atoms with Crippen LogP contribution >= 0.6 is 0 Å². The normalized spacial score (nSPS) is 15.1. The molecular weight excluding hydrogens is 246 g/mol. The van der Waals surface area contributed by atoms with E-state index in [0.29, 0.717) is 17.5 Å². The minimum absolute atomic E-state index is 0.0559. The Morgan fingerprint density at radius 2 is 1.95 bits per heavy atom. The lowest BCUT2D eigenvalue weighted by Gasteiger charge is -2.20. The molecule has 0 saturated heterocycles. The van der Waals surface area contributed by atoms with Gasteiger partial charge in [0.2, 0.25) is 5.91 Å². The number of hydrogen-bond donors (Lipinski definition) is 1. The zero-order chi connectivity index (χ0) is 14.2. The number of rotatable bonds is 2. The summed E-state index contributed by atoms with van der Waals surface area (Å²) in [6.45, 7) is 6.28. The van der Waals surface area contributed by atoms with Gasteiger partial charge in [-0.2, -0.15) is 0 Å². The Balaban J connectivity index is 2.42. The average molecular weight is 263 g/mol. The maximum atomic E-state index is 11.9. The zero-order valence-electron chi connectivity index (χ0n) is 11.3. The number of imide groups is 1. The Morgan fingerprint density at radius 3 is 2.58 bits per heavy atom. The molecule has 0 aromatic carbocycles. The summed E-state index contributed by atoms with van der Waals surface area (Å²) in [5.74, 6) is -0.724. The predicted molar refractivity (Wildman–Crippen MR) is 68.9 cm³/mol. The number of carbonyl (C=O) groups is 2. The van der Waals surface area contributed by atoms with Crippen LogP contribution < -0.4 is 10.9 Å². The summed E-state index contributed by atoms with van der Waals surface area (Å²) < 4.78 is 4.98. The van der Waals surface area contributed by atoms with Crippen molar-refractivity contribution in [2.45, 2.75) is 40.0 Å². The van der Waals surface area contributed by atoms with Gasteiger partial charge in [0.1, 0.15) is 5.76 Å². The van der Waals surface area contributed by atoms with Crippen molar-refractivity contribution < 1.29 is 14.0 Å². The van der Waals surface area contributed by atoms with E-state index in [1.165, 1.54) is 6.07 Å². The van der Waals surface area contributed by atoms with Gasteiger partial charge in [-0.1, -0.05) is 20.8 Å². The molecule has 2 rings (SSSR count). The van der Waals surface area contributed by atoms with E-state index in [1.54, 1.807) is 0 Å². The zero-order valence-corrected chi connectivity index (χ0v) is 11.3. The van der Waals surface area contributed by atoms with Crippen LogP contribution in [0.25, 0.3) is 0 Å². The largest absolute Gasteiger partial charge is 0.426 e. The van der Waals surface area contributed by atoms with Crippen molar-refractivity contribution in [2.75, 3.05) is 0 Å². The summed E-state index contributed by atoms with van der Waals surface area (Å²) in [6.07, 6.45) is 1.39. The molecule has 5 nitrogen and oxygen atoms in total. The van der Waals surface area contributed by atoms with E-state index in [1.807, 2.05) is 0 Å². The van der Waals surface area contributed by atoms with Crippen LogP contribution in [0.1, 0.15) is 48.9 Å². The fourth-order valence-corrected chi connectivity index (χ4v) is 2.08. The van der Waals surface area contributed by atoms with Gasteiger partial charge in [-0.25, -0.2) is 4.79 Å². The molecule has 0 aliphatic carbocycles. The van der Waals surface area contributed by atoms with E-state index in [9.17, 15) is 14.4 Å². The molecular formula is C14H17NO4. The quantitative estimate of drug-likeness (QED) is 0.819. The van der Waals surface area contributed by atoms with Crippen molar-refractivity contribution in [3.05, 3.63) is 33.4 Å². The molecule has 0 spiro atoms. The van der Waals surface area contributed by atoms with Crippen LogP contribution in [0.4, 0.5) is 0 Å². The molecule has 0 atom stereocenters. The lowest BCUT2D eigenvalue weighted by molar-refractivity contribution is -0.120. The van der Waals surface area contributed by atoms with Gasteiger partial charge in [-0.3, -0.25) is 14.9 Å². The fourth-order valence-electron chi connectivity index (χ4n) is 2.08. The molecule has 1 aromatic rings. The second-order valence-corrected chi connectivity index (χ2v) is 6.00. The van der Waals surface area contributed by atoms with E-state index >= 15 is 0 Å². The topological polar surface area (TPSA) is 76.4 Å². The molecule has 2 amide bonds. The molecule has 1 aromatic heterocycles. The monoisotopic (exact) mass is 263 g/mol. The Labute approximate surface area is 111 Å². The highest BCUT2D eigenvalue weighted by Crippen LogP contribution is 2.24. The van der Waals surface area contributed by atoms with Gasteiger partial charge < -0.3 is 4.42 Å². The first kappa shape index (κ1) is 13.5. The van der Waals surface area contributed by atoms with Gasteiger partial charge in [0.25, 0.3) is 5.91 Å². The standard InChI is InChI=1S/C14H17NO4/c1-14(2,3)5-4-8-6-11(17)19-9-7-10(16)15-13(18)12(8)9/h6H,4-5,7H2,1-3H3,(H,15,16,18). The highest BCUT2D eigenvalue weighted by atomic mass is 16.4. The minimum Gasteiger partial charge on any atom is -0.426 e. The van der Waals surface area contributed by atoms with Gasteiger partial charge in [-0.15, -0.1) is 0 Å². The summed E-state index contributed by atoms with van der Waals surface area (Å²) in [5.41, 5.74) is 0.601. The SMILES string of the molecule is CC(C)(C)CCc1cc(=O)oc2c1C(=O)NC(=O)C2. The maximum Gasteiger partial charge on any atom is 0.336 e. The van der Waals surface area contributed by atoms with Crippen molar-refractivity contribution in [1.82, 2.24) is 5.32 Å². The number of carbonyl (C=O) groups excluding carboxylic acids is 2. The Hall–Kier alpha value is -1.91. The van der Waals surface area contributed by atoms with Crippen LogP contribution in [0.5, 0.6) is 0 Å². The highest BCUT2D eigenvalue weighted by Gasteiger charge is 2.28. The molecule has 5 heteroatoms. The van der Waals surface area contributed by atoms with Crippen LogP contribution in [0, 0.1) is 5.41 Å². The first-order valence-electron chi connectivity index (χ1n) is 6.26. The minimum atomic E-state index is -0.509. The maximum absolute atomic E-state index is 11.9. The van der Waals surface area contributed by atoms with E-state index in [4.69, 9.17) is 4.42 Å². The summed E-state index contributed by atoms with van der Waals surface area (Å²) in [7, 11) is 0. The van der Waals surface area contributed by atoms with Crippen molar-refractivity contribution in [2.24, 2.45) is 5.41 Å². The summed E-state index contributed by atoms with van der Waals surface area (Å²) in [5, 5.41) is 2.25. The molecule has 0 bridgehead atoms. The molecule has 0 unspecified atom stereocenters. The molecule has 0 radical (unpaired) electrons. The van der Waals surface area contributed by atoms with E-state index in [0.717, 1.165) is 6.42 Å². The Kier molecular flexibility index (Phi) is 3.30. The van der Waals surface area contributed by atoms with Gasteiger partial charge >= 0.3 is 5.63 Å². The van der Waals surface area contributed by atoms with Crippen LogP contribution in [0.15, 0.2) is 15.3 Å². The van der Waals surface area contributed by atoms with E-state index < -0.39 is 17.4 Å². The number of amides is 2. The Bertz CT molecular complexity index is 592. The molecule has 0 saturated carbocycles. The number of fused-ring (bicyclic) bond motifs is 1. The summed E-state index contributed by atoms with van der Waals surface area (Å²) >= 11 is 0. The van der Waals surface area contributed by atoms with Crippen molar-refractivity contribution in [3.8, 4) is 0 Å².